The van der Waals surface area contributed by atoms with Crippen LogP contribution in [0.5, 0.6) is 0 Å². The molecule has 0 radical (unpaired) electrons. The van der Waals surface area contributed by atoms with Gasteiger partial charge < -0.3 is 19.9 Å². The molecule has 0 aliphatic carbocycles. The molecule has 3 aromatic rings. The van der Waals surface area contributed by atoms with Crippen molar-refractivity contribution in [1.29, 1.82) is 0 Å². The number of piperazine rings is 1. The molecule has 0 saturated carbocycles. The number of amides is 1. The number of allylic oxidation sites excluding steroid dienone is 1. The van der Waals surface area contributed by atoms with E-state index >= 15 is 0 Å². The van der Waals surface area contributed by atoms with Crippen LogP contribution in [0.1, 0.15) is 43.8 Å². The molecule has 1 fully saturated rings. The number of aliphatic imine (C=N–C) groups is 1. The fraction of sp³-hybridized carbons (Fsp3) is 0.455. The number of carbonyl (C=O) groups is 1. The predicted molar refractivity (Wildman–Crippen MR) is 170 cm³/mol. The predicted octanol–water partition coefficient (Wildman–Crippen LogP) is 4.14. The number of nitrogens with zero attached hydrogens (tertiary/aromatic N) is 7. The molecule has 3 aliphatic rings. The summed E-state index contributed by atoms with van der Waals surface area (Å²) in [7, 11) is 2.17. The average Bonchev–Trinajstić information content (AvgIpc) is 3.56. The van der Waals surface area contributed by atoms with E-state index in [0.29, 0.717) is 37.1 Å². The van der Waals surface area contributed by atoms with Gasteiger partial charge in [0.25, 0.3) is 0 Å². The third-order valence-corrected chi connectivity index (χ3v) is 8.72. The van der Waals surface area contributed by atoms with Crippen molar-refractivity contribution >= 4 is 28.3 Å². The summed E-state index contributed by atoms with van der Waals surface area (Å²) in [4.78, 5) is 29.4. The second-order valence-corrected chi connectivity index (χ2v) is 12.2. The molecule has 232 valence electrons. The highest BCUT2D eigenvalue weighted by Crippen LogP contribution is 2.29. The Hall–Kier alpha value is -4.09. The number of hydrogen-bond acceptors (Lipinski definition) is 8. The molecular formula is C33H41FN8O2. The lowest BCUT2D eigenvalue weighted by Gasteiger charge is -2.37. The summed E-state index contributed by atoms with van der Waals surface area (Å²) in [6, 6.07) is 9.01. The summed E-state index contributed by atoms with van der Waals surface area (Å²) >= 11 is 0. The number of pyridine rings is 1. The van der Waals surface area contributed by atoms with Crippen LogP contribution in [0.25, 0.3) is 10.9 Å². The quantitative estimate of drug-likeness (QED) is 0.395. The first-order chi connectivity index (χ1) is 21.2. The third-order valence-electron chi connectivity index (χ3n) is 8.72. The van der Waals surface area contributed by atoms with Crippen molar-refractivity contribution in [3.05, 3.63) is 77.3 Å². The Kier molecular flexibility index (Phi) is 8.50. The van der Waals surface area contributed by atoms with Gasteiger partial charge in [0.15, 0.2) is 0 Å². The summed E-state index contributed by atoms with van der Waals surface area (Å²) in [6.45, 7) is 13.4. The van der Waals surface area contributed by atoms with Crippen LogP contribution in [0.15, 0.2) is 59.4 Å². The maximum Gasteiger partial charge on any atom is 0.249 e. The summed E-state index contributed by atoms with van der Waals surface area (Å²) in [5.74, 6) is 1.02. The average molecular weight is 601 g/mol. The largest absolute Gasteiger partial charge is 0.492 e. The molecule has 3 aliphatic heterocycles. The van der Waals surface area contributed by atoms with Crippen molar-refractivity contribution in [2.75, 3.05) is 51.7 Å². The molecule has 0 spiro atoms. The van der Waals surface area contributed by atoms with Crippen LogP contribution < -0.4 is 5.32 Å². The summed E-state index contributed by atoms with van der Waals surface area (Å²) in [5, 5.41) is 8.74. The topological polar surface area (TPSA) is 91.1 Å². The van der Waals surface area contributed by atoms with Crippen molar-refractivity contribution in [2.24, 2.45) is 4.99 Å². The van der Waals surface area contributed by atoms with E-state index in [4.69, 9.17) is 9.84 Å². The molecule has 1 amide bonds. The van der Waals surface area contributed by atoms with Crippen molar-refractivity contribution in [2.45, 2.75) is 52.2 Å². The van der Waals surface area contributed by atoms with Gasteiger partial charge in [-0.05, 0) is 57.2 Å². The molecule has 5 heterocycles. The fourth-order valence-corrected chi connectivity index (χ4v) is 6.07. The Morgan fingerprint density at radius 1 is 1.20 bits per heavy atom. The van der Waals surface area contributed by atoms with E-state index in [-0.39, 0.29) is 17.6 Å². The highest BCUT2D eigenvalue weighted by atomic mass is 19.1. The number of anilines is 1. The minimum atomic E-state index is -0.464. The lowest BCUT2D eigenvalue weighted by molar-refractivity contribution is -0.118. The van der Waals surface area contributed by atoms with Gasteiger partial charge in [-0.15, -0.1) is 0 Å². The number of likely N-dealkylation sites (N-methyl/N-ethyl adjacent to an activating group) is 1. The molecule has 10 nitrogen and oxygen atoms in total. The van der Waals surface area contributed by atoms with E-state index in [2.05, 4.69) is 39.1 Å². The van der Waals surface area contributed by atoms with Crippen molar-refractivity contribution in [3.8, 4) is 0 Å². The first-order valence-corrected chi connectivity index (χ1v) is 15.4. The standard InChI is InChI=1S/C33H41FN8O2/c1-21(2)32-26(34)10-9-24(36-32)20-42-28-8-6-7-27(31(28)23(4)38-42)37-33(43)29-18-35-30-17-25(11-12-41(29)30)44-16-15-40-14-13-39(5)22(3)19-40/h6-12,17,21-22,29H,13-16,18-20H2,1-5H3,(H,37,43)/t22-,29?/m0/s1. The lowest BCUT2D eigenvalue weighted by Crippen LogP contribution is -2.50. The first kappa shape index (κ1) is 30.0. The van der Waals surface area contributed by atoms with Crippen molar-refractivity contribution in [1.82, 2.24) is 29.5 Å². The van der Waals surface area contributed by atoms with Gasteiger partial charge in [0.2, 0.25) is 5.91 Å². The molecule has 2 aromatic heterocycles. The third kappa shape index (κ3) is 6.11. The van der Waals surface area contributed by atoms with Gasteiger partial charge in [0.1, 0.15) is 30.1 Å². The Balaban J connectivity index is 1.09. The smallest absolute Gasteiger partial charge is 0.249 e. The van der Waals surface area contributed by atoms with Crippen LogP contribution >= 0.6 is 0 Å². The van der Waals surface area contributed by atoms with E-state index in [1.165, 1.54) is 6.07 Å². The van der Waals surface area contributed by atoms with Gasteiger partial charge in [0, 0.05) is 49.9 Å². The number of hydrogen-bond donors (Lipinski definition) is 1. The van der Waals surface area contributed by atoms with E-state index in [1.807, 2.05) is 66.9 Å². The SMILES string of the molecule is Cc1nn(Cc2ccc(F)c(C(C)C)n2)c2cccc(NC(=O)C3CN=C4C=C(OCCN5CCN(C)[C@@H](C)C5)C=CN43)c12. The van der Waals surface area contributed by atoms with Crippen molar-refractivity contribution in [3.63, 3.8) is 0 Å². The summed E-state index contributed by atoms with van der Waals surface area (Å²) in [6.07, 6.45) is 5.69. The molecule has 0 bridgehead atoms. The molecule has 2 atom stereocenters. The molecule has 1 unspecified atom stereocenters. The second kappa shape index (κ2) is 12.5. The number of nitrogens with one attached hydrogen (secondary N) is 1. The van der Waals surface area contributed by atoms with Crippen LogP contribution in [-0.2, 0) is 16.1 Å². The van der Waals surface area contributed by atoms with Crippen LogP contribution in [0.3, 0.4) is 0 Å². The Morgan fingerprint density at radius 2 is 2.05 bits per heavy atom. The van der Waals surface area contributed by atoms with Gasteiger partial charge in [-0.3, -0.25) is 24.4 Å². The van der Waals surface area contributed by atoms with Crippen LogP contribution in [-0.4, -0.2) is 99.7 Å². The number of halogens is 1. The summed E-state index contributed by atoms with van der Waals surface area (Å²) in [5.41, 5.74) is 3.53. The molecule has 11 heteroatoms. The highest BCUT2D eigenvalue weighted by Gasteiger charge is 2.33. The number of amidine groups is 1. The molecule has 1 N–H and O–H groups in total. The number of aryl methyl sites for hydroxylation is 1. The number of aromatic nitrogens is 3. The van der Waals surface area contributed by atoms with E-state index in [1.54, 1.807) is 6.07 Å². The Labute approximate surface area is 257 Å². The maximum absolute atomic E-state index is 14.2. The normalized spacial score (nSPS) is 20.7. The summed E-state index contributed by atoms with van der Waals surface area (Å²) < 4.78 is 22.1. The van der Waals surface area contributed by atoms with Gasteiger partial charge in [-0.1, -0.05) is 19.9 Å². The lowest BCUT2D eigenvalue weighted by atomic mass is 10.1. The zero-order valence-electron chi connectivity index (χ0n) is 26.1. The minimum absolute atomic E-state index is 0.0199. The van der Waals surface area contributed by atoms with Gasteiger partial charge in [0.05, 0.1) is 41.4 Å². The first-order valence-electron chi connectivity index (χ1n) is 15.4. The monoisotopic (exact) mass is 600 g/mol. The number of benzene rings is 1. The fourth-order valence-electron chi connectivity index (χ4n) is 6.07. The Bertz CT molecular complexity index is 1640. The molecule has 1 aromatic carbocycles. The number of fused-ring (bicyclic) bond motifs is 2. The second-order valence-electron chi connectivity index (χ2n) is 12.2. The van der Waals surface area contributed by atoms with Crippen LogP contribution in [0, 0.1) is 12.7 Å². The van der Waals surface area contributed by atoms with Gasteiger partial charge in [-0.2, -0.15) is 5.10 Å². The maximum atomic E-state index is 14.2. The van der Waals surface area contributed by atoms with E-state index in [9.17, 15) is 9.18 Å². The molecule has 1 saturated heterocycles. The minimum Gasteiger partial charge on any atom is -0.492 e. The number of rotatable bonds is 9. The van der Waals surface area contributed by atoms with Crippen molar-refractivity contribution < 1.29 is 13.9 Å². The van der Waals surface area contributed by atoms with Crippen LogP contribution in [0.2, 0.25) is 0 Å². The van der Waals surface area contributed by atoms with E-state index in [0.717, 1.165) is 60.1 Å². The number of carbonyl (C=O) groups excluding carboxylic acids is 1. The van der Waals surface area contributed by atoms with Gasteiger partial charge >= 0.3 is 0 Å². The zero-order valence-corrected chi connectivity index (χ0v) is 26.1. The molecular weight excluding hydrogens is 559 g/mol. The zero-order chi connectivity index (χ0) is 31.0. The van der Waals surface area contributed by atoms with E-state index < -0.39 is 6.04 Å². The van der Waals surface area contributed by atoms with Crippen LogP contribution in [0.4, 0.5) is 10.1 Å². The van der Waals surface area contributed by atoms with Gasteiger partial charge in [-0.25, -0.2) is 4.39 Å². The molecule has 6 rings (SSSR count). The molecule has 44 heavy (non-hydrogen) atoms. The highest BCUT2D eigenvalue weighted by molar-refractivity contribution is 6.07. The Morgan fingerprint density at radius 3 is 2.84 bits per heavy atom. The number of ether oxygens (including phenoxy) is 1.